The number of furan rings is 1. The first kappa shape index (κ1) is 17.3. The van der Waals surface area contributed by atoms with Gasteiger partial charge in [-0.1, -0.05) is 0 Å². The van der Waals surface area contributed by atoms with Gasteiger partial charge in [-0.2, -0.15) is 4.39 Å². The molecule has 0 radical (unpaired) electrons. The van der Waals surface area contributed by atoms with Gasteiger partial charge in [-0.15, -0.1) is 0 Å². The quantitative estimate of drug-likeness (QED) is 0.716. The van der Waals surface area contributed by atoms with Crippen LogP contribution < -0.4 is 5.73 Å². The lowest BCUT2D eigenvalue weighted by atomic mass is 10.1. The van der Waals surface area contributed by atoms with E-state index in [0.29, 0.717) is 3.97 Å². The smallest absolute Gasteiger partial charge is 0.271 e. The molecule has 0 aliphatic heterocycles. The Morgan fingerprint density at radius 2 is 2.04 bits per heavy atom. The van der Waals surface area contributed by atoms with Crippen molar-refractivity contribution >= 4 is 10.0 Å². The van der Waals surface area contributed by atoms with E-state index in [2.05, 4.69) is 4.98 Å². The maximum atomic E-state index is 14.9. The van der Waals surface area contributed by atoms with Crippen LogP contribution in [0.2, 0.25) is 0 Å². The molecule has 0 aliphatic carbocycles. The molecule has 3 aromatic heterocycles. The number of halogens is 2. The fourth-order valence-corrected chi connectivity index (χ4v) is 4.06. The molecule has 0 saturated carbocycles. The van der Waals surface area contributed by atoms with Crippen LogP contribution in [0.1, 0.15) is 24.3 Å². The summed E-state index contributed by atoms with van der Waals surface area (Å²) >= 11 is 0. The maximum Gasteiger partial charge on any atom is 0.271 e. The van der Waals surface area contributed by atoms with Crippen LogP contribution in [0.4, 0.5) is 8.78 Å². The number of nitrogens with zero attached hydrogens (tertiary/aromatic N) is 2. The van der Waals surface area contributed by atoms with Gasteiger partial charge in [-0.25, -0.2) is 21.8 Å². The number of pyridine rings is 1. The Bertz CT molecular complexity index is 1040. The number of aryl methyl sites for hydroxylation is 1. The highest BCUT2D eigenvalue weighted by atomic mass is 32.2. The van der Waals surface area contributed by atoms with Crippen molar-refractivity contribution in [1.82, 2.24) is 8.96 Å². The Labute approximate surface area is 143 Å². The highest BCUT2D eigenvalue weighted by Gasteiger charge is 2.30. The van der Waals surface area contributed by atoms with Gasteiger partial charge in [0.15, 0.2) is 5.82 Å². The third-order valence-corrected chi connectivity index (χ3v) is 5.58. The molecule has 3 heterocycles. The molecule has 0 aromatic carbocycles. The van der Waals surface area contributed by atoms with Gasteiger partial charge in [0.25, 0.3) is 10.0 Å². The molecular weight excluding hydrogens is 352 g/mol. The van der Waals surface area contributed by atoms with Gasteiger partial charge in [0, 0.05) is 24.0 Å². The zero-order valence-corrected chi connectivity index (χ0v) is 14.2. The minimum Gasteiger partial charge on any atom is -0.468 e. The fraction of sp³-hybridized carbons (Fsp3) is 0.188. The van der Waals surface area contributed by atoms with Crippen LogP contribution >= 0.6 is 0 Å². The second-order valence-electron chi connectivity index (χ2n) is 5.52. The van der Waals surface area contributed by atoms with E-state index in [1.165, 1.54) is 44.5 Å². The summed E-state index contributed by atoms with van der Waals surface area (Å²) in [6, 6.07) is 3.09. The summed E-state index contributed by atoms with van der Waals surface area (Å²) in [5.74, 6) is -1.77. The Morgan fingerprint density at radius 3 is 2.60 bits per heavy atom. The number of aromatic nitrogens is 2. The van der Waals surface area contributed by atoms with E-state index in [1.807, 2.05) is 0 Å². The molecule has 1 atom stereocenters. The molecule has 3 aromatic rings. The van der Waals surface area contributed by atoms with E-state index in [9.17, 15) is 17.2 Å². The lowest BCUT2D eigenvalue weighted by molar-refractivity contribution is 0.521. The number of hydrogen-bond acceptors (Lipinski definition) is 5. The Kier molecular flexibility index (Phi) is 4.21. The van der Waals surface area contributed by atoms with Crippen molar-refractivity contribution in [3.05, 3.63) is 59.9 Å². The molecule has 0 fully saturated rings. The average molecular weight is 367 g/mol. The van der Waals surface area contributed by atoms with E-state index in [-0.39, 0.29) is 21.8 Å². The first-order chi connectivity index (χ1) is 11.7. The zero-order valence-electron chi connectivity index (χ0n) is 13.4. The highest BCUT2D eigenvalue weighted by Crippen LogP contribution is 2.34. The van der Waals surface area contributed by atoms with Crippen LogP contribution in [0.15, 0.2) is 46.2 Å². The summed E-state index contributed by atoms with van der Waals surface area (Å²) < 4.78 is 60.7. The van der Waals surface area contributed by atoms with E-state index in [4.69, 9.17) is 10.2 Å². The summed E-state index contributed by atoms with van der Waals surface area (Å²) in [6.07, 6.45) is 3.45. The van der Waals surface area contributed by atoms with E-state index < -0.39 is 33.5 Å². The molecule has 9 heteroatoms. The first-order valence-corrected chi connectivity index (χ1v) is 8.76. The van der Waals surface area contributed by atoms with Gasteiger partial charge in [-0.3, -0.25) is 0 Å². The van der Waals surface area contributed by atoms with Crippen LogP contribution in [-0.2, 0) is 10.0 Å². The Morgan fingerprint density at radius 1 is 1.32 bits per heavy atom. The van der Waals surface area contributed by atoms with Crippen LogP contribution in [0, 0.1) is 18.7 Å². The molecule has 6 nitrogen and oxygen atoms in total. The Hall–Kier alpha value is -2.52. The predicted octanol–water partition coefficient (Wildman–Crippen LogP) is 2.99. The molecular formula is C16H15F2N3O3S. The second-order valence-corrected chi connectivity index (χ2v) is 7.30. The highest BCUT2D eigenvalue weighted by molar-refractivity contribution is 7.90. The lowest BCUT2D eigenvalue weighted by Gasteiger charge is -2.10. The summed E-state index contributed by atoms with van der Waals surface area (Å²) in [5.41, 5.74) is 4.94. The van der Waals surface area contributed by atoms with Gasteiger partial charge >= 0.3 is 0 Å². The van der Waals surface area contributed by atoms with Gasteiger partial charge < -0.3 is 10.2 Å². The molecule has 0 bridgehead atoms. The molecule has 25 heavy (non-hydrogen) atoms. The average Bonchev–Trinajstić information content (AvgIpc) is 3.12. The summed E-state index contributed by atoms with van der Waals surface area (Å²) in [4.78, 5) is 3.31. The normalized spacial score (nSPS) is 13.2. The van der Waals surface area contributed by atoms with Crippen molar-refractivity contribution in [3.63, 3.8) is 0 Å². The van der Waals surface area contributed by atoms with E-state index in [0.717, 1.165) is 6.20 Å². The van der Waals surface area contributed by atoms with Crippen molar-refractivity contribution < 1.29 is 21.6 Å². The fourth-order valence-electron chi connectivity index (χ4n) is 2.53. The standard InChI is InChI=1S/C16H15F2N3O3S/c1-9(19)12-8-21(25(22,23)13-5-7-24-10(13)2)15(14(12)17)11-4-3-6-20-16(11)18/h3-9H,19H2,1-2H3. The molecule has 0 aliphatic rings. The van der Waals surface area contributed by atoms with E-state index >= 15 is 0 Å². The Balaban J connectivity index is 2.36. The monoisotopic (exact) mass is 367 g/mol. The van der Waals surface area contributed by atoms with Crippen molar-refractivity contribution in [2.75, 3.05) is 0 Å². The molecule has 1 unspecified atom stereocenters. The zero-order chi connectivity index (χ0) is 18.4. The van der Waals surface area contributed by atoms with Crippen molar-refractivity contribution in [2.45, 2.75) is 24.8 Å². The third-order valence-electron chi connectivity index (χ3n) is 3.79. The van der Waals surface area contributed by atoms with Crippen molar-refractivity contribution in [1.29, 1.82) is 0 Å². The van der Waals surface area contributed by atoms with Crippen LogP contribution in [0.25, 0.3) is 11.3 Å². The van der Waals surface area contributed by atoms with Crippen LogP contribution in [-0.4, -0.2) is 17.4 Å². The topological polar surface area (TPSA) is 91.1 Å². The number of rotatable bonds is 4. The maximum absolute atomic E-state index is 14.9. The number of hydrogen-bond donors (Lipinski definition) is 1. The SMILES string of the molecule is Cc1occc1S(=O)(=O)n1cc(C(C)N)c(F)c1-c1cccnc1F. The molecule has 3 rings (SSSR count). The lowest BCUT2D eigenvalue weighted by Crippen LogP contribution is -2.14. The first-order valence-electron chi connectivity index (χ1n) is 7.32. The minimum atomic E-state index is -4.22. The molecule has 0 saturated heterocycles. The molecule has 2 N–H and O–H groups in total. The summed E-state index contributed by atoms with van der Waals surface area (Å²) in [5, 5.41) is 0. The van der Waals surface area contributed by atoms with Crippen LogP contribution in [0.5, 0.6) is 0 Å². The second kappa shape index (κ2) is 6.08. The molecule has 0 spiro atoms. The number of nitrogens with two attached hydrogens (primary N) is 1. The van der Waals surface area contributed by atoms with Crippen LogP contribution in [0.3, 0.4) is 0 Å². The van der Waals surface area contributed by atoms with Gasteiger partial charge in [-0.05, 0) is 32.0 Å². The van der Waals surface area contributed by atoms with E-state index in [1.54, 1.807) is 0 Å². The van der Waals surface area contributed by atoms with Gasteiger partial charge in [0.2, 0.25) is 5.95 Å². The molecule has 132 valence electrons. The predicted molar refractivity (Wildman–Crippen MR) is 86.2 cm³/mol. The van der Waals surface area contributed by atoms with Gasteiger partial charge in [0.1, 0.15) is 16.3 Å². The largest absolute Gasteiger partial charge is 0.468 e. The third kappa shape index (κ3) is 2.75. The van der Waals surface area contributed by atoms with Crippen molar-refractivity contribution in [3.8, 4) is 11.3 Å². The minimum absolute atomic E-state index is 0.0528. The summed E-state index contributed by atoms with van der Waals surface area (Å²) in [6.45, 7) is 2.96. The van der Waals surface area contributed by atoms with Crippen molar-refractivity contribution in [2.24, 2.45) is 5.73 Å². The summed E-state index contributed by atoms with van der Waals surface area (Å²) in [7, 11) is -4.22. The van der Waals surface area contributed by atoms with Gasteiger partial charge in [0.05, 0.1) is 11.8 Å². The molecule has 0 amide bonds.